The number of carboxylic acid groups (broad SMARTS) is 1. The molecule has 0 spiro atoms. The van der Waals surface area contributed by atoms with Gasteiger partial charge in [0.25, 0.3) is 0 Å². The largest absolute Gasteiger partial charge is 0.481 e. The molecular formula is C12H14BrFN2O3. The highest BCUT2D eigenvalue weighted by molar-refractivity contribution is 9.10. The Morgan fingerprint density at radius 1 is 1.47 bits per heavy atom. The van der Waals surface area contributed by atoms with E-state index in [0.717, 1.165) is 0 Å². The van der Waals surface area contributed by atoms with E-state index in [1.165, 1.54) is 18.0 Å². The maximum absolute atomic E-state index is 13.8. The van der Waals surface area contributed by atoms with Crippen molar-refractivity contribution in [3.63, 3.8) is 0 Å². The molecule has 0 fully saturated rings. The predicted molar refractivity (Wildman–Crippen MR) is 72.7 cm³/mol. The molecule has 19 heavy (non-hydrogen) atoms. The first-order chi connectivity index (χ1) is 8.82. The van der Waals surface area contributed by atoms with Gasteiger partial charge < -0.3 is 15.3 Å². The zero-order valence-corrected chi connectivity index (χ0v) is 12.1. The number of hydrogen-bond donors (Lipinski definition) is 2. The van der Waals surface area contributed by atoms with Crippen molar-refractivity contribution in [3.05, 3.63) is 28.0 Å². The summed E-state index contributed by atoms with van der Waals surface area (Å²) in [5.41, 5.74) is 0.457. The highest BCUT2D eigenvalue weighted by Crippen LogP contribution is 2.25. The summed E-state index contributed by atoms with van der Waals surface area (Å²) in [4.78, 5) is 23.3. The Morgan fingerprint density at radius 2 is 2.11 bits per heavy atom. The second-order valence-electron chi connectivity index (χ2n) is 4.03. The summed E-state index contributed by atoms with van der Waals surface area (Å²) in [5.74, 6) is -1.51. The summed E-state index contributed by atoms with van der Waals surface area (Å²) >= 11 is 3.19. The van der Waals surface area contributed by atoms with Crippen molar-refractivity contribution in [2.24, 2.45) is 0 Å². The average Bonchev–Trinajstić information content (AvgIpc) is 2.36. The van der Waals surface area contributed by atoms with E-state index in [-0.39, 0.29) is 18.7 Å². The van der Waals surface area contributed by atoms with Gasteiger partial charge in [-0.25, -0.2) is 9.18 Å². The number of anilines is 1. The summed E-state index contributed by atoms with van der Waals surface area (Å²) < 4.78 is 14.5. The van der Waals surface area contributed by atoms with Crippen molar-refractivity contribution in [1.29, 1.82) is 0 Å². The lowest BCUT2D eigenvalue weighted by Gasteiger charge is -2.17. The number of hydrogen-bond acceptors (Lipinski definition) is 2. The summed E-state index contributed by atoms with van der Waals surface area (Å²) in [6.07, 6.45) is -0.161. The van der Waals surface area contributed by atoms with Crippen LogP contribution in [0.4, 0.5) is 14.9 Å². The highest BCUT2D eigenvalue weighted by atomic mass is 79.9. The smallest absolute Gasteiger partial charge is 0.321 e. The first-order valence-corrected chi connectivity index (χ1v) is 6.30. The molecule has 0 aromatic heterocycles. The third-order valence-electron chi connectivity index (χ3n) is 2.57. The van der Waals surface area contributed by atoms with Crippen molar-refractivity contribution in [2.45, 2.75) is 13.3 Å². The van der Waals surface area contributed by atoms with E-state index in [4.69, 9.17) is 5.11 Å². The van der Waals surface area contributed by atoms with Gasteiger partial charge in [-0.2, -0.15) is 0 Å². The standard InChI is InChI=1S/C12H14BrFN2O3/c1-7-8(13)3-4-9(11(7)14)15-12(19)16(2)6-5-10(17)18/h3-4H,5-6H2,1-2H3,(H,15,19)(H,17,18). The average molecular weight is 333 g/mol. The van der Waals surface area contributed by atoms with Gasteiger partial charge in [0.05, 0.1) is 12.1 Å². The number of halogens is 2. The van der Waals surface area contributed by atoms with Gasteiger partial charge in [-0.05, 0) is 19.1 Å². The number of carboxylic acids is 1. The second-order valence-corrected chi connectivity index (χ2v) is 4.88. The fourth-order valence-electron chi connectivity index (χ4n) is 1.33. The lowest BCUT2D eigenvalue weighted by atomic mass is 10.2. The topological polar surface area (TPSA) is 69.6 Å². The maximum Gasteiger partial charge on any atom is 0.321 e. The van der Waals surface area contributed by atoms with Gasteiger partial charge in [0.15, 0.2) is 5.82 Å². The van der Waals surface area contributed by atoms with E-state index < -0.39 is 17.8 Å². The highest BCUT2D eigenvalue weighted by Gasteiger charge is 2.14. The van der Waals surface area contributed by atoms with Crippen molar-refractivity contribution in [1.82, 2.24) is 4.90 Å². The second kappa shape index (κ2) is 6.51. The molecule has 5 nitrogen and oxygen atoms in total. The van der Waals surface area contributed by atoms with Gasteiger partial charge in [-0.1, -0.05) is 15.9 Å². The molecule has 0 aliphatic carbocycles. The van der Waals surface area contributed by atoms with Crippen molar-refractivity contribution >= 4 is 33.6 Å². The lowest BCUT2D eigenvalue weighted by Crippen LogP contribution is -2.33. The summed E-state index contributed by atoms with van der Waals surface area (Å²) in [6, 6.07) is 2.52. The van der Waals surface area contributed by atoms with Gasteiger partial charge in [0, 0.05) is 23.6 Å². The first kappa shape index (κ1) is 15.4. The molecule has 1 aromatic carbocycles. The van der Waals surface area contributed by atoms with E-state index in [9.17, 15) is 14.0 Å². The number of aliphatic carboxylic acids is 1. The zero-order chi connectivity index (χ0) is 14.6. The number of carbonyl (C=O) groups excluding carboxylic acids is 1. The molecule has 0 unspecified atom stereocenters. The van der Waals surface area contributed by atoms with Crippen LogP contribution >= 0.6 is 15.9 Å². The Balaban J connectivity index is 2.72. The van der Waals surface area contributed by atoms with Crippen LogP contribution < -0.4 is 5.32 Å². The van der Waals surface area contributed by atoms with Crippen LogP contribution in [0.25, 0.3) is 0 Å². The molecule has 1 rings (SSSR count). The summed E-state index contributed by atoms with van der Waals surface area (Å²) in [7, 11) is 1.45. The molecule has 0 aliphatic heterocycles. The third-order valence-corrected chi connectivity index (χ3v) is 3.43. The number of nitrogens with one attached hydrogen (secondary N) is 1. The number of carbonyl (C=O) groups is 2. The molecule has 104 valence electrons. The predicted octanol–water partition coefficient (Wildman–Crippen LogP) is 2.84. The molecule has 0 saturated heterocycles. The minimum Gasteiger partial charge on any atom is -0.481 e. The molecule has 0 radical (unpaired) electrons. The number of nitrogens with zero attached hydrogens (tertiary/aromatic N) is 1. The zero-order valence-electron chi connectivity index (χ0n) is 10.5. The lowest BCUT2D eigenvalue weighted by molar-refractivity contribution is -0.137. The molecule has 7 heteroatoms. The van der Waals surface area contributed by atoms with Gasteiger partial charge in [-0.15, -0.1) is 0 Å². The van der Waals surface area contributed by atoms with Gasteiger partial charge >= 0.3 is 12.0 Å². The van der Waals surface area contributed by atoms with Crippen LogP contribution in [-0.4, -0.2) is 35.6 Å². The number of urea groups is 1. The Labute approximate surface area is 118 Å². The SMILES string of the molecule is Cc1c(Br)ccc(NC(=O)N(C)CCC(=O)O)c1F. The van der Waals surface area contributed by atoms with Crippen molar-refractivity contribution in [3.8, 4) is 0 Å². The van der Waals surface area contributed by atoms with Crippen molar-refractivity contribution < 1.29 is 19.1 Å². The molecule has 1 aromatic rings. The van der Waals surface area contributed by atoms with Crippen LogP contribution in [0.5, 0.6) is 0 Å². The van der Waals surface area contributed by atoms with Crippen LogP contribution in [0.3, 0.4) is 0 Å². The molecule has 2 amide bonds. The van der Waals surface area contributed by atoms with E-state index in [1.807, 2.05) is 0 Å². The first-order valence-electron chi connectivity index (χ1n) is 5.51. The molecule has 0 atom stereocenters. The molecule has 0 saturated carbocycles. The van der Waals surface area contributed by atoms with Crippen LogP contribution in [0.2, 0.25) is 0 Å². The van der Waals surface area contributed by atoms with Crippen LogP contribution in [0.1, 0.15) is 12.0 Å². The van der Waals surface area contributed by atoms with Gasteiger partial charge in [0.2, 0.25) is 0 Å². The van der Waals surface area contributed by atoms with E-state index in [2.05, 4.69) is 21.2 Å². The van der Waals surface area contributed by atoms with Crippen LogP contribution in [0.15, 0.2) is 16.6 Å². The van der Waals surface area contributed by atoms with Crippen LogP contribution in [0, 0.1) is 12.7 Å². The van der Waals surface area contributed by atoms with Gasteiger partial charge in [-0.3, -0.25) is 4.79 Å². The van der Waals surface area contributed by atoms with Crippen molar-refractivity contribution in [2.75, 3.05) is 18.9 Å². The minimum absolute atomic E-state index is 0.0539. The summed E-state index contributed by atoms with van der Waals surface area (Å²) in [5, 5.41) is 10.9. The fourth-order valence-corrected chi connectivity index (χ4v) is 1.64. The summed E-state index contributed by atoms with van der Waals surface area (Å²) in [6.45, 7) is 1.64. The Kier molecular flexibility index (Phi) is 5.29. The van der Waals surface area contributed by atoms with E-state index >= 15 is 0 Å². The minimum atomic E-state index is -0.995. The Morgan fingerprint density at radius 3 is 2.68 bits per heavy atom. The molecule has 0 bridgehead atoms. The normalized spacial score (nSPS) is 10.1. The quantitative estimate of drug-likeness (QED) is 0.890. The Bertz CT molecular complexity index is 508. The van der Waals surface area contributed by atoms with E-state index in [0.29, 0.717) is 10.0 Å². The molecule has 0 aliphatic rings. The fraction of sp³-hybridized carbons (Fsp3) is 0.333. The number of benzene rings is 1. The monoisotopic (exact) mass is 332 g/mol. The third kappa shape index (κ3) is 4.20. The molecule has 0 heterocycles. The Hall–Kier alpha value is -1.63. The van der Waals surface area contributed by atoms with Crippen LogP contribution in [-0.2, 0) is 4.79 Å². The molecular weight excluding hydrogens is 319 g/mol. The van der Waals surface area contributed by atoms with E-state index in [1.54, 1.807) is 13.0 Å². The van der Waals surface area contributed by atoms with Gasteiger partial charge in [0.1, 0.15) is 0 Å². The maximum atomic E-state index is 13.8. The number of amides is 2. The number of rotatable bonds is 4. The molecule has 2 N–H and O–H groups in total.